The molecule has 0 atom stereocenters. The number of nitrogens with zero attached hydrogens (tertiary/aromatic N) is 4. The summed E-state index contributed by atoms with van der Waals surface area (Å²) in [6.07, 6.45) is 4.45. The van der Waals surface area contributed by atoms with Crippen molar-refractivity contribution in [3.63, 3.8) is 0 Å². The van der Waals surface area contributed by atoms with Crippen LogP contribution < -0.4 is 15.0 Å². The van der Waals surface area contributed by atoms with Crippen LogP contribution in [0.4, 0.5) is 5.95 Å². The van der Waals surface area contributed by atoms with Gasteiger partial charge in [0.05, 0.1) is 5.56 Å². The first-order chi connectivity index (χ1) is 15.7. The second kappa shape index (κ2) is 11.1. The summed E-state index contributed by atoms with van der Waals surface area (Å²) in [6.45, 7) is 5.32. The van der Waals surface area contributed by atoms with Gasteiger partial charge in [-0.2, -0.15) is 0 Å². The zero-order chi connectivity index (χ0) is 22.2. The third-order valence-electron chi connectivity index (χ3n) is 5.30. The van der Waals surface area contributed by atoms with Crippen molar-refractivity contribution in [2.24, 2.45) is 0 Å². The van der Waals surface area contributed by atoms with Crippen LogP contribution in [0.25, 0.3) is 0 Å². The van der Waals surface area contributed by atoms with Crippen molar-refractivity contribution in [1.82, 2.24) is 20.2 Å². The fraction of sp³-hybridized carbons (Fsp3) is 0.292. The number of benzene rings is 2. The number of para-hydroxylation sites is 1. The molecule has 2 aromatic carbocycles. The van der Waals surface area contributed by atoms with Gasteiger partial charge in [-0.3, -0.25) is 9.69 Å². The molecular weight excluding hydrogens is 470 g/mol. The van der Waals surface area contributed by atoms with Crippen molar-refractivity contribution in [3.8, 4) is 11.5 Å². The smallest absolute Gasteiger partial charge is 0.255 e. The molecule has 1 aromatic heterocycles. The van der Waals surface area contributed by atoms with Gasteiger partial charge in [-0.25, -0.2) is 9.97 Å². The van der Waals surface area contributed by atoms with Gasteiger partial charge in [0.2, 0.25) is 5.95 Å². The predicted molar refractivity (Wildman–Crippen MR) is 128 cm³/mol. The Labute approximate surface area is 196 Å². The maximum Gasteiger partial charge on any atom is 0.255 e. The molecule has 1 saturated heterocycles. The van der Waals surface area contributed by atoms with E-state index in [9.17, 15) is 4.79 Å². The Kier molecular flexibility index (Phi) is 7.68. The standard InChI is InChI=1S/C24H26BrN5O2/c25-19-6-3-7-20(18-19)32-22-9-2-1-8-21(22)23(31)26-12-5-13-29-14-16-30(17-15-29)24-27-10-4-11-28-24/h1-4,6-11,18H,5,12-17H2,(H,26,31). The maximum atomic E-state index is 12.7. The fourth-order valence-electron chi connectivity index (χ4n) is 3.63. The number of amides is 1. The van der Waals surface area contributed by atoms with Crippen molar-refractivity contribution in [1.29, 1.82) is 0 Å². The summed E-state index contributed by atoms with van der Waals surface area (Å²) in [4.78, 5) is 26.0. The van der Waals surface area contributed by atoms with E-state index in [0.29, 0.717) is 23.6 Å². The van der Waals surface area contributed by atoms with Crippen LogP contribution in [-0.4, -0.2) is 60.0 Å². The van der Waals surface area contributed by atoms with Crippen LogP contribution in [0.15, 0.2) is 71.5 Å². The monoisotopic (exact) mass is 495 g/mol. The first-order valence-corrected chi connectivity index (χ1v) is 11.5. The minimum atomic E-state index is -0.123. The molecule has 0 saturated carbocycles. The van der Waals surface area contributed by atoms with Crippen molar-refractivity contribution in [3.05, 3.63) is 77.0 Å². The van der Waals surface area contributed by atoms with Crippen LogP contribution in [0.2, 0.25) is 0 Å². The van der Waals surface area contributed by atoms with Gasteiger partial charge < -0.3 is 15.0 Å². The lowest BCUT2D eigenvalue weighted by Crippen LogP contribution is -2.47. The minimum Gasteiger partial charge on any atom is -0.456 e. The molecule has 8 heteroatoms. The second-order valence-corrected chi connectivity index (χ2v) is 8.46. The molecule has 1 aliphatic heterocycles. The highest BCUT2D eigenvalue weighted by molar-refractivity contribution is 9.10. The summed E-state index contributed by atoms with van der Waals surface area (Å²) < 4.78 is 6.87. The van der Waals surface area contributed by atoms with E-state index in [0.717, 1.165) is 49.6 Å². The van der Waals surface area contributed by atoms with Gasteiger partial charge >= 0.3 is 0 Å². The molecular formula is C24H26BrN5O2. The largest absolute Gasteiger partial charge is 0.456 e. The predicted octanol–water partition coefficient (Wildman–Crippen LogP) is 3.97. The zero-order valence-electron chi connectivity index (χ0n) is 17.8. The molecule has 0 unspecified atom stereocenters. The van der Waals surface area contributed by atoms with Crippen molar-refractivity contribution < 1.29 is 9.53 Å². The number of carbonyl (C=O) groups excluding carboxylic acids is 1. The molecule has 166 valence electrons. The number of carbonyl (C=O) groups is 1. The second-order valence-electron chi connectivity index (χ2n) is 7.54. The van der Waals surface area contributed by atoms with Gasteiger partial charge in [0.1, 0.15) is 11.5 Å². The molecule has 1 amide bonds. The first kappa shape index (κ1) is 22.2. The third kappa shape index (κ3) is 6.05. The molecule has 1 N–H and O–H groups in total. The van der Waals surface area contributed by atoms with Crippen LogP contribution in [0.3, 0.4) is 0 Å². The van der Waals surface area contributed by atoms with E-state index in [1.807, 2.05) is 48.5 Å². The van der Waals surface area contributed by atoms with Gasteiger partial charge in [-0.05, 0) is 49.4 Å². The van der Waals surface area contributed by atoms with Crippen LogP contribution in [0, 0.1) is 0 Å². The summed E-state index contributed by atoms with van der Waals surface area (Å²) in [5, 5.41) is 3.03. The normalized spacial score (nSPS) is 14.2. The average Bonchev–Trinajstić information content (AvgIpc) is 2.83. The maximum absolute atomic E-state index is 12.7. The number of nitrogens with one attached hydrogen (secondary N) is 1. The zero-order valence-corrected chi connectivity index (χ0v) is 19.4. The Balaban J connectivity index is 1.22. The molecule has 7 nitrogen and oxygen atoms in total. The van der Waals surface area contributed by atoms with E-state index >= 15 is 0 Å². The molecule has 0 radical (unpaired) electrons. The molecule has 1 fully saturated rings. The van der Waals surface area contributed by atoms with Gasteiger partial charge in [0, 0.05) is 49.6 Å². The van der Waals surface area contributed by atoms with Gasteiger partial charge in [-0.15, -0.1) is 0 Å². The molecule has 4 rings (SSSR count). The van der Waals surface area contributed by atoms with Crippen molar-refractivity contribution in [2.45, 2.75) is 6.42 Å². The number of halogens is 1. The van der Waals surface area contributed by atoms with Crippen LogP contribution in [0.1, 0.15) is 16.8 Å². The Morgan fingerprint density at radius 2 is 1.78 bits per heavy atom. The Morgan fingerprint density at radius 3 is 2.56 bits per heavy atom. The van der Waals surface area contributed by atoms with Gasteiger partial charge in [-0.1, -0.05) is 34.1 Å². The molecule has 0 spiro atoms. The summed E-state index contributed by atoms with van der Waals surface area (Å²) in [6, 6.07) is 16.7. The van der Waals surface area contributed by atoms with E-state index in [1.54, 1.807) is 18.5 Å². The average molecular weight is 496 g/mol. The highest BCUT2D eigenvalue weighted by Gasteiger charge is 2.18. The number of rotatable bonds is 8. The summed E-state index contributed by atoms with van der Waals surface area (Å²) in [7, 11) is 0. The summed E-state index contributed by atoms with van der Waals surface area (Å²) in [5.74, 6) is 1.90. The number of anilines is 1. The lowest BCUT2D eigenvalue weighted by Gasteiger charge is -2.34. The molecule has 0 aliphatic carbocycles. The van der Waals surface area contributed by atoms with Crippen LogP contribution >= 0.6 is 15.9 Å². The number of ether oxygens (including phenoxy) is 1. The molecule has 32 heavy (non-hydrogen) atoms. The molecule has 1 aliphatic rings. The van der Waals surface area contributed by atoms with Gasteiger partial charge in [0.25, 0.3) is 5.91 Å². The Hall–Kier alpha value is -2.97. The number of aromatic nitrogens is 2. The third-order valence-corrected chi connectivity index (χ3v) is 5.79. The summed E-state index contributed by atoms with van der Waals surface area (Å²) >= 11 is 3.44. The van der Waals surface area contributed by atoms with E-state index in [1.165, 1.54) is 0 Å². The lowest BCUT2D eigenvalue weighted by atomic mass is 10.2. The highest BCUT2D eigenvalue weighted by atomic mass is 79.9. The molecule has 3 aromatic rings. The fourth-order valence-corrected chi connectivity index (χ4v) is 4.00. The topological polar surface area (TPSA) is 70.6 Å². The minimum absolute atomic E-state index is 0.123. The highest BCUT2D eigenvalue weighted by Crippen LogP contribution is 2.27. The van der Waals surface area contributed by atoms with Crippen molar-refractivity contribution in [2.75, 3.05) is 44.2 Å². The van der Waals surface area contributed by atoms with E-state index in [4.69, 9.17) is 4.74 Å². The van der Waals surface area contributed by atoms with Crippen LogP contribution in [-0.2, 0) is 0 Å². The number of hydrogen-bond donors (Lipinski definition) is 1. The number of piperazine rings is 1. The van der Waals surface area contributed by atoms with E-state index < -0.39 is 0 Å². The van der Waals surface area contributed by atoms with Crippen molar-refractivity contribution >= 4 is 27.8 Å². The van der Waals surface area contributed by atoms with E-state index in [2.05, 4.69) is 41.0 Å². The quantitative estimate of drug-likeness (QED) is 0.476. The van der Waals surface area contributed by atoms with E-state index in [-0.39, 0.29) is 5.91 Å². The molecule has 2 heterocycles. The van der Waals surface area contributed by atoms with Gasteiger partial charge in [0.15, 0.2) is 0 Å². The van der Waals surface area contributed by atoms with Crippen LogP contribution in [0.5, 0.6) is 11.5 Å². The number of hydrogen-bond acceptors (Lipinski definition) is 6. The SMILES string of the molecule is O=C(NCCCN1CCN(c2ncccn2)CC1)c1ccccc1Oc1cccc(Br)c1. The molecule has 0 bridgehead atoms. The first-order valence-electron chi connectivity index (χ1n) is 10.7. The summed E-state index contributed by atoms with van der Waals surface area (Å²) in [5.41, 5.74) is 0.531. The lowest BCUT2D eigenvalue weighted by molar-refractivity contribution is 0.0949. The Morgan fingerprint density at radius 1 is 1.00 bits per heavy atom. The Bertz CT molecular complexity index is 1030.